The summed E-state index contributed by atoms with van der Waals surface area (Å²) in [4.78, 5) is 0. The van der Waals surface area contributed by atoms with Gasteiger partial charge in [0, 0.05) is 5.54 Å². The second-order valence-corrected chi connectivity index (χ2v) is 7.22. The van der Waals surface area contributed by atoms with Crippen LogP contribution >= 0.6 is 23.6 Å². The largest absolute Gasteiger partial charge is 1.00 e. The number of unbranched alkanes of at least 4 members (excludes halogenated alkanes) is 3. The Morgan fingerprint density at radius 3 is 1.30 bits per heavy atom. The molecular weight excluding hydrogens is 351 g/mol. The van der Waals surface area contributed by atoms with Gasteiger partial charge >= 0.3 is 0 Å². The zero-order valence-corrected chi connectivity index (χ0v) is 19.0. The minimum Gasteiger partial charge on any atom is -1.00 e. The maximum atomic E-state index is 5.55. The molecule has 0 atom stereocenters. The van der Waals surface area contributed by atoms with Crippen LogP contribution in [-0.4, -0.2) is 22.6 Å². The van der Waals surface area contributed by atoms with E-state index >= 15 is 0 Å². The fourth-order valence-corrected chi connectivity index (χ4v) is 1.71. The summed E-state index contributed by atoms with van der Waals surface area (Å²) in [7, 11) is 0. The minimum absolute atomic E-state index is 0. The van der Waals surface area contributed by atoms with Gasteiger partial charge in [0.2, 0.25) is 0 Å². The normalized spacial score (nSPS) is 10.2. The molecule has 0 rings (SSSR count). The van der Waals surface area contributed by atoms with E-state index in [4.69, 9.17) is 23.6 Å². The van der Waals surface area contributed by atoms with Crippen LogP contribution in [0.1, 0.15) is 99.8 Å². The second kappa shape index (κ2) is 25.0. The molecule has 5 heteroatoms. The zero-order valence-electron chi connectivity index (χ0n) is 16.7. The Morgan fingerprint density at radius 1 is 0.739 bits per heavy atom. The van der Waals surface area contributed by atoms with Crippen LogP contribution in [0.3, 0.4) is 0 Å². The summed E-state index contributed by atoms with van der Waals surface area (Å²) in [6.45, 7) is 17.6. The highest BCUT2D eigenvalue weighted by atomic mass is 35.5. The van der Waals surface area contributed by atoms with Crippen LogP contribution in [0.4, 0.5) is 0 Å². The molecule has 0 unspecified atom stereocenters. The van der Waals surface area contributed by atoms with Gasteiger partial charge < -0.3 is 17.7 Å². The van der Waals surface area contributed by atoms with E-state index in [2.05, 4.69) is 39.9 Å². The quantitative estimate of drug-likeness (QED) is 0.446. The second-order valence-electron chi connectivity index (χ2n) is 6.37. The van der Waals surface area contributed by atoms with E-state index in [1.807, 2.05) is 13.8 Å². The van der Waals surface area contributed by atoms with Crippen LogP contribution in [-0.2, 0) is 0 Å². The first kappa shape index (κ1) is 31.5. The van der Waals surface area contributed by atoms with Crippen molar-refractivity contribution < 1.29 is 17.7 Å². The number of nitrogens with two attached hydrogens (primary N) is 1. The Hall–Kier alpha value is 0.790. The predicted octanol–water partition coefficient (Wildman–Crippen LogP) is 3.14. The molecule has 2 N–H and O–H groups in total. The van der Waals surface area contributed by atoms with Crippen LogP contribution in [0.15, 0.2) is 0 Å². The molecule has 0 aromatic heterocycles. The highest BCUT2D eigenvalue weighted by Crippen LogP contribution is 2.24. The van der Waals surface area contributed by atoms with Crippen molar-refractivity contribution >= 4 is 23.6 Å². The topological polar surface area (TPSA) is 19.9 Å². The third kappa shape index (κ3) is 31.1. The molecule has 0 spiro atoms. The molecule has 23 heavy (non-hydrogen) atoms. The van der Waals surface area contributed by atoms with Crippen LogP contribution in [0.2, 0.25) is 0 Å². The molecule has 0 amide bonds. The molecule has 146 valence electrons. The number of quaternary nitrogens is 1. The van der Waals surface area contributed by atoms with Gasteiger partial charge in [-0.15, -0.1) is 3.94 Å². The highest BCUT2D eigenvalue weighted by molar-refractivity contribution is 6.34. The highest BCUT2D eigenvalue weighted by Gasteiger charge is 2.22. The zero-order chi connectivity index (χ0) is 17.9. The van der Waals surface area contributed by atoms with Crippen molar-refractivity contribution in [2.45, 2.75) is 105 Å². The predicted molar refractivity (Wildman–Crippen MR) is 105 cm³/mol. The van der Waals surface area contributed by atoms with Crippen LogP contribution in [0.5, 0.6) is 0 Å². The van der Waals surface area contributed by atoms with E-state index in [1.54, 1.807) is 0 Å². The van der Waals surface area contributed by atoms with Crippen molar-refractivity contribution in [2.24, 2.45) is 0 Å². The van der Waals surface area contributed by atoms with Gasteiger partial charge in [0.1, 0.15) is 0 Å². The monoisotopic (exact) mass is 392 g/mol. The molecule has 0 bridgehead atoms. The van der Waals surface area contributed by atoms with Crippen molar-refractivity contribution in [3.63, 3.8) is 0 Å². The first-order valence-corrected chi connectivity index (χ1v) is 9.94. The Balaban J connectivity index is -0.000000124. The lowest BCUT2D eigenvalue weighted by molar-refractivity contribution is -0.655. The van der Waals surface area contributed by atoms with Crippen LogP contribution < -0.4 is 17.7 Å². The van der Waals surface area contributed by atoms with Gasteiger partial charge in [-0.3, -0.25) is 0 Å². The molecule has 0 heterocycles. The molecule has 0 saturated heterocycles. The summed E-state index contributed by atoms with van der Waals surface area (Å²) >= 11 is 11.1. The van der Waals surface area contributed by atoms with Crippen LogP contribution in [0, 0.1) is 0 Å². The third-order valence-electron chi connectivity index (χ3n) is 3.34. The van der Waals surface area contributed by atoms with E-state index in [-0.39, 0.29) is 17.9 Å². The van der Waals surface area contributed by atoms with Crippen molar-refractivity contribution in [3.05, 3.63) is 0 Å². The average Bonchev–Trinajstić information content (AvgIpc) is 2.48. The Labute approximate surface area is 163 Å². The van der Waals surface area contributed by atoms with Gasteiger partial charge in [-0.1, -0.05) is 66.7 Å². The molecule has 0 aromatic carbocycles. The first-order chi connectivity index (χ1) is 10.3. The third-order valence-corrected chi connectivity index (χ3v) is 4.26. The van der Waals surface area contributed by atoms with Gasteiger partial charge in [0.25, 0.3) is 0 Å². The Kier molecular flexibility index (Phi) is 34.3. The summed E-state index contributed by atoms with van der Waals surface area (Å²) in [6.07, 6.45) is 10.2. The summed E-state index contributed by atoms with van der Waals surface area (Å²) in [6, 6.07) is 0. The SMILES string of the molecule is CCCC.CCCC(C)(C)N(Cl)Cl.CCCC[NH2+]CCCC.[Cl-]. The maximum absolute atomic E-state index is 5.55. The maximum Gasteiger partial charge on any atom is 0.0755 e. The number of hydrogen-bond acceptors (Lipinski definition) is 1. The van der Waals surface area contributed by atoms with E-state index < -0.39 is 0 Å². The van der Waals surface area contributed by atoms with Gasteiger partial charge in [-0.25, -0.2) is 0 Å². The fourth-order valence-electron chi connectivity index (χ4n) is 1.54. The fraction of sp³-hybridized carbons (Fsp3) is 1.00. The molecule has 0 radical (unpaired) electrons. The molecule has 0 aromatic rings. The standard InChI is InChI=1S/C8H19N.C6H13Cl2N.C4H10.ClH/c1-3-5-7-9-8-6-4-2;1-4-5-6(2,3)9(7)8;1-3-4-2;/h9H,3-8H2,1-2H3;4-5H2,1-3H3;3-4H2,1-2H3;1H. The molecule has 0 fully saturated rings. The minimum atomic E-state index is -0.0855. The molecule has 0 aliphatic heterocycles. The summed E-state index contributed by atoms with van der Waals surface area (Å²) < 4.78 is 1.22. The molecular formula is C18H43Cl3N2. The van der Waals surface area contributed by atoms with Gasteiger partial charge in [0.05, 0.1) is 13.1 Å². The number of rotatable bonds is 10. The van der Waals surface area contributed by atoms with Crippen molar-refractivity contribution in [2.75, 3.05) is 13.1 Å². The molecule has 0 aliphatic carbocycles. The lowest BCUT2D eigenvalue weighted by Crippen LogP contribution is -3.00. The van der Waals surface area contributed by atoms with Gasteiger partial charge in [0.15, 0.2) is 0 Å². The van der Waals surface area contributed by atoms with Crippen LogP contribution in [0.25, 0.3) is 0 Å². The summed E-state index contributed by atoms with van der Waals surface area (Å²) in [5.41, 5.74) is -0.0855. The Morgan fingerprint density at radius 2 is 1.13 bits per heavy atom. The number of halogens is 3. The van der Waals surface area contributed by atoms with E-state index in [0.29, 0.717) is 0 Å². The van der Waals surface area contributed by atoms with Gasteiger partial charge in [-0.2, -0.15) is 0 Å². The van der Waals surface area contributed by atoms with Crippen molar-refractivity contribution in [1.29, 1.82) is 0 Å². The first-order valence-electron chi connectivity index (χ1n) is 9.27. The van der Waals surface area contributed by atoms with Gasteiger partial charge in [-0.05, 0) is 56.7 Å². The van der Waals surface area contributed by atoms with E-state index in [9.17, 15) is 0 Å². The summed E-state index contributed by atoms with van der Waals surface area (Å²) in [5, 5.41) is 2.42. The van der Waals surface area contributed by atoms with Crippen molar-refractivity contribution in [1.82, 2.24) is 3.94 Å². The number of hydrogen-bond donors (Lipinski definition) is 1. The molecule has 0 saturated carbocycles. The van der Waals surface area contributed by atoms with E-state index in [0.717, 1.165) is 12.8 Å². The molecule has 0 aliphatic rings. The Bertz CT molecular complexity index is 181. The van der Waals surface area contributed by atoms with Crippen molar-refractivity contribution in [3.8, 4) is 0 Å². The lowest BCUT2D eigenvalue weighted by Gasteiger charge is -2.26. The lowest BCUT2D eigenvalue weighted by atomic mass is 10.0. The number of nitrogens with zero attached hydrogens (tertiary/aromatic N) is 1. The summed E-state index contributed by atoms with van der Waals surface area (Å²) in [5.74, 6) is 0. The smallest absolute Gasteiger partial charge is 0.0755 e. The average molecular weight is 394 g/mol. The molecule has 2 nitrogen and oxygen atoms in total. The van der Waals surface area contributed by atoms with E-state index in [1.165, 1.54) is 55.6 Å².